The maximum Gasteiger partial charge on any atom is 0.307 e. The van der Waals surface area contributed by atoms with E-state index in [1.165, 1.54) is 18.9 Å². The smallest absolute Gasteiger partial charge is 0.307 e. The number of carboxylic acid groups (broad SMARTS) is 1. The number of carbonyl (C=O) groups is 2. The summed E-state index contributed by atoms with van der Waals surface area (Å²) < 4.78 is 0. The summed E-state index contributed by atoms with van der Waals surface area (Å²) in [6.45, 7) is 3.65. The topological polar surface area (TPSA) is 54.4 Å². The van der Waals surface area contributed by atoms with Gasteiger partial charge in [0, 0.05) is 12.7 Å². The lowest BCUT2D eigenvalue weighted by atomic mass is 9.85. The number of aliphatic carboxylic acids is 1. The highest BCUT2D eigenvalue weighted by molar-refractivity contribution is 8.13. The molecule has 22 heavy (non-hydrogen) atoms. The molecule has 0 amide bonds. The minimum absolute atomic E-state index is 0.0199. The number of benzene rings is 1. The van der Waals surface area contributed by atoms with Gasteiger partial charge in [0.25, 0.3) is 0 Å². The number of hydrogen-bond acceptors (Lipinski definition) is 3. The Bertz CT molecular complexity index is 459. The Kier molecular flexibility index (Phi) is 8.90. The van der Waals surface area contributed by atoms with Crippen molar-refractivity contribution in [1.29, 1.82) is 0 Å². The summed E-state index contributed by atoms with van der Waals surface area (Å²) in [5.74, 6) is -0.658. The Morgan fingerprint density at radius 3 is 2.41 bits per heavy atom. The van der Waals surface area contributed by atoms with Crippen LogP contribution in [0.15, 0.2) is 30.3 Å². The van der Waals surface area contributed by atoms with E-state index in [4.69, 9.17) is 0 Å². The maximum atomic E-state index is 11.5. The predicted molar refractivity (Wildman–Crippen MR) is 92.2 cm³/mol. The summed E-state index contributed by atoms with van der Waals surface area (Å²) in [5.41, 5.74) is 1.21. The van der Waals surface area contributed by atoms with E-state index in [1.807, 2.05) is 18.2 Å². The van der Waals surface area contributed by atoms with Gasteiger partial charge in [-0.2, -0.15) is 0 Å². The van der Waals surface area contributed by atoms with Gasteiger partial charge < -0.3 is 5.11 Å². The van der Waals surface area contributed by atoms with Crippen LogP contribution in [0.5, 0.6) is 0 Å². The quantitative estimate of drug-likeness (QED) is 0.633. The zero-order chi connectivity index (χ0) is 16.4. The van der Waals surface area contributed by atoms with Crippen LogP contribution in [-0.2, 0) is 9.59 Å². The van der Waals surface area contributed by atoms with Crippen molar-refractivity contribution in [2.45, 2.75) is 51.9 Å². The molecule has 0 heterocycles. The van der Waals surface area contributed by atoms with Crippen molar-refractivity contribution < 1.29 is 14.7 Å². The van der Waals surface area contributed by atoms with Gasteiger partial charge in [-0.3, -0.25) is 9.59 Å². The van der Waals surface area contributed by atoms with Crippen LogP contribution in [0.3, 0.4) is 0 Å². The minimum atomic E-state index is -0.801. The molecule has 0 radical (unpaired) electrons. The monoisotopic (exact) mass is 322 g/mol. The number of thioether (sulfide) groups is 1. The SMILES string of the molecule is CCCCCC(CC(CSC(C)=O)C(=O)O)c1ccccc1. The Morgan fingerprint density at radius 2 is 1.86 bits per heavy atom. The van der Waals surface area contributed by atoms with Crippen molar-refractivity contribution in [3.8, 4) is 0 Å². The molecule has 122 valence electrons. The van der Waals surface area contributed by atoms with Crippen LogP contribution < -0.4 is 0 Å². The molecule has 2 unspecified atom stereocenters. The zero-order valence-electron chi connectivity index (χ0n) is 13.5. The second-order valence-corrected chi connectivity index (χ2v) is 6.87. The fraction of sp³-hybridized carbons (Fsp3) is 0.556. The van der Waals surface area contributed by atoms with Crippen LogP contribution in [0.1, 0.15) is 57.4 Å². The van der Waals surface area contributed by atoms with Crippen molar-refractivity contribution in [3.63, 3.8) is 0 Å². The maximum absolute atomic E-state index is 11.5. The normalized spacial score (nSPS) is 13.5. The van der Waals surface area contributed by atoms with Crippen LogP contribution in [-0.4, -0.2) is 21.9 Å². The molecule has 0 saturated heterocycles. The molecule has 0 spiro atoms. The molecule has 0 aliphatic rings. The van der Waals surface area contributed by atoms with Crippen LogP contribution >= 0.6 is 11.8 Å². The van der Waals surface area contributed by atoms with Gasteiger partial charge in [-0.15, -0.1) is 0 Å². The van der Waals surface area contributed by atoms with Gasteiger partial charge in [0.05, 0.1) is 5.92 Å². The van der Waals surface area contributed by atoms with Crippen molar-refractivity contribution >= 4 is 22.8 Å². The highest BCUT2D eigenvalue weighted by Crippen LogP contribution is 2.31. The number of hydrogen-bond donors (Lipinski definition) is 1. The van der Waals surface area contributed by atoms with E-state index in [-0.39, 0.29) is 11.0 Å². The van der Waals surface area contributed by atoms with E-state index < -0.39 is 11.9 Å². The summed E-state index contributed by atoms with van der Waals surface area (Å²) >= 11 is 1.11. The van der Waals surface area contributed by atoms with Gasteiger partial charge in [-0.25, -0.2) is 0 Å². The van der Waals surface area contributed by atoms with E-state index >= 15 is 0 Å². The molecule has 4 heteroatoms. The summed E-state index contributed by atoms with van der Waals surface area (Å²) in [6, 6.07) is 10.1. The predicted octanol–water partition coefficient (Wildman–Crippen LogP) is 4.72. The lowest BCUT2D eigenvalue weighted by Crippen LogP contribution is -2.20. The first kappa shape index (κ1) is 18.8. The molecule has 1 aromatic carbocycles. The van der Waals surface area contributed by atoms with Gasteiger partial charge >= 0.3 is 5.97 Å². The molecular formula is C18H26O3S. The lowest BCUT2D eigenvalue weighted by Gasteiger charge is -2.21. The fourth-order valence-corrected chi connectivity index (χ4v) is 3.30. The molecular weight excluding hydrogens is 296 g/mol. The zero-order valence-corrected chi connectivity index (χ0v) is 14.3. The first-order chi connectivity index (χ1) is 10.5. The Morgan fingerprint density at radius 1 is 1.18 bits per heavy atom. The third-order valence-corrected chi connectivity index (χ3v) is 4.81. The number of unbranched alkanes of at least 4 members (excludes halogenated alkanes) is 2. The van der Waals surface area contributed by atoms with Crippen molar-refractivity contribution in [3.05, 3.63) is 35.9 Å². The van der Waals surface area contributed by atoms with E-state index in [2.05, 4.69) is 19.1 Å². The summed E-state index contributed by atoms with van der Waals surface area (Å²) in [5, 5.41) is 9.41. The van der Waals surface area contributed by atoms with Gasteiger partial charge in [0.2, 0.25) is 0 Å². The van der Waals surface area contributed by atoms with Gasteiger partial charge in [0.15, 0.2) is 5.12 Å². The Hall–Kier alpha value is -1.29. The second-order valence-electron chi connectivity index (χ2n) is 5.68. The average Bonchev–Trinajstić information content (AvgIpc) is 2.50. The third kappa shape index (κ3) is 7.12. The molecule has 0 aromatic heterocycles. The standard InChI is InChI=1S/C18H26O3S/c1-3-4-6-11-16(15-9-7-5-8-10-15)12-17(18(20)21)13-22-14(2)19/h5,7-10,16-17H,3-4,6,11-13H2,1-2H3,(H,20,21). The van der Waals surface area contributed by atoms with Crippen molar-refractivity contribution in [2.24, 2.45) is 5.92 Å². The summed E-state index contributed by atoms with van der Waals surface area (Å²) in [7, 11) is 0. The molecule has 0 aliphatic carbocycles. The molecule has 2 atom stereocenters. The first-order valence-corrected chi connectivity index (χ1v) is 8.94. The van der Waals surface area contributed by atoms with E-state index in [0.29, 0.717) is 12.2 Å². The van der Waals surface area contributed by atoms with Gasteiger partial charge in [0.1, 0.15) is 0 Å². The van der Waals surface area contributed by atoms with E-state index in [9.17, 15) is 14.7 Å². The summed E-state index contributed by atoms with van der Waals surface area (Å²) in [6.07, 6.45) is 5.05. The molecule has 1 N–H and O–H groups in total. The molecule has 0 aliphatic heterocycles. The average molecular weight is 322 g/mol. The van der Waals surface area contributed by atoms with Crippen molar-refractivity contribution in [1.82, 2.24) is 0 Å². The molecule has 0 fully saturated rings. The molecule has 1 aromatic rings. The van der Waals surface area contributed by atoms with Crippen molar-refractivity contribution in [2.75, 3.05) is 5.75 Å². The Balaban J connectivity index is 2.75. The number of carbonyl (C=O) groups excluding carboxylic acids is 1. The largest absolute Gasteiger partial charge is 0.481 e. The van der Waals surface area contributed by atoms with Crippen LogP contribution in [0.25, 0.3) is 0 Å². The second kappa shape index (κ2) is 10.4. The third-order valence-electron chi connectivity index (χ3n) is 3.83. The van der Waals surface area contributed by atoms with Crippen LogP contribution in [0.4, 0.5) is 0 Å². The van der Waals surface area contributed by atoms with E-state index in [0.717, 1.165) is 31.0 Å². The van der Waals surface area contributed by atoms with Gasteiger partial charge in [-0.05, 0) is 24.3 Å². The fourth-order valence-electron chi connectivity index (χ4n) is 2.59. The number of carboxylic acids is 1. The Labute approximate surface area is 137 Å². The first-order valence-electron chi connectivity index (χ1n) is 7.95. The summed E-state index contributed by atoms with van der Waals surface area (Å²) in [4.78, 5) is 22.6. The van der Waals surface area contributed by atoms with Gasteiger partial charge in [-0.1, -0.05) is 68.3 Å². The number of rotatable bonds is 10. The molecule has 3 nitrogen and oxygen atoms in total. The minimum Gasteiger partial charge on any atom is -0.481 e. The molecule has 1 rings (SSSR count). The highest BCUT2D eigenvalue weighted by Gasteiger charge is 2.24. The highest BCUT2D eigenvalue weighted by atomic mass is 32.2. The van der Waals surface area contributed by atoms with Crippen LogP contribution in [0, 0.1) is 5.92 Å². The lowest BCUT2D eigenvalue weighted by molar-refractivity contribution is -0.141. The molecule has 0 saturated carbocycles. The van der Waals surface area contributed by atoms with Crippen LogP contribution in [0.2, 0.25) is 0 Å². The van der Waals surface area contributed by atoms with E-state index in [1.54, 1.807) is 0 Å². The molecule has 0 bridgehead atoms.